The third-order valence-corrected chi connectivity index (χ3v) is 7.38. The first-order valence-corrected chi connectivity index (χ1v) is 13.1. The van der Waals surface area contributed by atoms with Gasteiger partial charge in [0, 0.05) is 29.8 Å². The van der Waals surface area contributed by atoms with Crippen molar-refractivity contribution in [3.8, 4) is 11.9 Å². The fourth-order valence-corrected chi connectivity index (χ4v) is 5.05. The molecule has 0 radical (unpaired) electrons. The van der Waals surface area contributed by atoms with Crippen molar-refractivity contribution < 1.29 is 23.8 Å². The second kappa shape index (κ2) is 11.0. The molecule has 206 valence electrons. The highest BCUT2D eigenvalue weighted by molar-refractivity contribution is 5.83. The van der Waals surface area contributed by atoms with Crippen LogP contribution in [0.1, 0.15) is 58.4 Å². The number of ether oxygens (including phenoxy) is 2. The maximum atomic E-state index is 14.2. The Morgan fingerprint density at radius 1 is 1.18 bits per heavy atom. The van der Waals surface area contributed by atoms with Gasteiger partial charge in [-0.25, -0.2) is 14.2 Å². The van der Waals surface area contributed by atoms with E-state index in [4.69, 9.17) is 14.7 Å². The third kappa shape index (κ3) is 5.36. The van der Waals surface area contributed by atoms with Crippen LogP contribution in [-0.2, 0) is 24.4 Å². The summed E-state index contributed by atoms with van der Waals surface area (Å²) in [6, 6.07) is 11.9. The Morgan fingerprint density at radius 3 is 2.70 bits per heavy atom. The van der Waals surface area contributed by atoms with E-state index in [1.165, 1.54) is 10.7 Å². The van der Waals surface area contributed by atoms with Crippen LogP contribution in [0.4, 0.5) is 4.39 Å². The Labute approximate surface area is 228 Å². The predicted molar refractivity (Wildman–Crippen MR) is 137 cm³/mol. The molecule has 2 aliphatic heterocycles. The maximum Gasteiger partial charge on any atom is 0.375 e. The molecule has 0 aliphatic carbocycles. The maximum absolute atomic E-state index is 14.2. The molecule has 0 amide bonds. The Bertz CT molecular complexity index is 1580. The molecule has 12 nitrogen and oxygen atoms in total. The van der Waals surface area contributed by atoms with Crippen LogP contribution in [0.15, 0.2) is 36.4 Å². The van der Waals surface area contributed by atoms with Gasteiger partial charge in [-0.1, -0.05) is 12.1 Å². The average molecular weight is 547 g/mol. The van der Waals surface area contributed by atoms with Crippen LogP contribution >= 0.6 is 0 Å². The fourth-order valence-electron chi connectivity index (χ4n) is 5.05. The van der Waals surface area contributed by atoms with Gasteiger partial charge >= 0.3 is 5.97 Å². The lowest BCUT2D eigenvalue weighted by atomic mass is 9.93. The molecule has 1 unspecified atom stereocenters. The van der Waals surface area contributed by atoms with Crippen LogP contribution in [0.25, 0.3) is 5.78 Å². The number of carbonyl (C=O) groups is 1. The normalized spacial score (nSPS) is 17.9. The van der Waals surface area contributed by atoms with Crippen molar-refractivity contribution in [2.75, 3.05) is 19.7 Å². The molecule has 2 saturated heterocycles. The number of aromatic nitrogens is 6. The zero-order valence-corrected chi connectivity index (χ0v) is 21.6. The highest BCUT2D eigenvalue weighted by Crippen LogP contribution is 2.29. The summed E-state index contributed by atoms with van der Waals surface area (Å²) in [5.74, 6) is -0.0879. The van der Waals surface area contributed by atoms with Crippen molar-refractivity contribution in [2.24, 2.45) is 0 Å². The van der Waals surface area contributed by atoms with E-state index in [1.54, 1.807) is 18.2 Å². The molecular formula is C27H27FN8O4. The van der Waals surface area contributed by atoms with Gasteiger partial charge < -0.3 is 14.6 Å². The van der Waals surface area contributed by atoms with E-state index in [2.05, 4.69) is 25.1 Å². The standard InChI is InChI=1S/C27H27FN8O4/c28-21-12-17(13-29)4-5-19(21)16-40-24-3-1-2-22(30-24)18-6-9-34(10-7-18)15-23-32-36-27(31-25(33-36)26(37)38)35(23)14-20-8-11-39-20/h1-5,12,18,20H,6-11,14-16H2,(H,37,38). The van der Waals surface area contributed by atoms with E-state index in [-0.39, 0.29) is 30.0 Å². The lowest BCUT2D eigenvalue weighted by Gasteiger charge is -2.32. The Hall–Kier alpha value is -4.41. The summed E-state index contributed by atoms with van der Waals surface area (Å²) in [5.41, 5.74) is 1.57. The van der Waals surface area contributed by atoms with Crippen LogP contribution in [-0.4, -0.2) is 71.1 Å². The highest BCUT2D eigenvalue weighted by Gasteiger charge is 2.27. The smallest absolute Gasteiger partial charge is 0.375 e. The van der Waals surface area contributed by atoms with Crippen LogP contribution in [0, 0.1) is 17.1 Å². The summed E-state index contributed by atoms with van der Waals surface area (Å²) in [6.07, 6.45) is 2.78. The quantitative estimate of drug-likeness (QED) is 0.333. The molecule has 3 aromatic heterocycles. The number of hydrogen-bond acceptors (Lipinski definition) is 9. The first kappa shape index (κ1) is 25.8. The summed E-state index contributed by atoms with van der Waals surface area (Å²) in [7, 11) is 0. The fraction of sp³-hybridized carbons (Fsp3) is 0.407. The molecule has 1 N–H and O–H groups in total. The molecule has 40 heavy (non-hydrogen) atoms. The number of nitrogens with zero attached hydrogens (tertiary/aromatic N) is 8. The van der Waals surface area contributed by atoms with Crippen LogP contribution < -0.4 is 4.74 Å². The molecule has 5 heterocycles. The van der Waals surface area contributed by atoms with Gasteiger partial charge in [-0.15, -0.1) is 14.8 Å². The molecule has 1 aromatic carbocycles. The molecular weight excluding hydrogens is 519 g/mol. The van der Waals surface area contributed by atoms with Gasteiger partial charge in [0.15, 0.2) is 0 Å². The highest BCUT2D eigenvalue weighted by atomic mass is 19.1. The van der Waals surface area contributed by atoms with Gasteiger partial charge in [-0.3, -0.25) is 9.47 Å². The van der Waals surface area contributed by atoms with Gasteiger partial charge in [-0.2, -0.15) is 10.2 Å². The minimum atomic E-state index is -1.19. The number of halogens is 1. The lowest BCUT2D eigenvalue weighted by molar-refractivity contribution is -0.0593. The van der Waals surface area contributed by atoms with Gasteiger partial charge in [-0.05, 0) is 50.6 Å². The Kier molecular flexibility index (Phi) is 7.10. The van der Waals surface area contributed by atoms with Crippen molar-refractivity contribution in [3.63, 3.8) is 0 Å². The van der Waals surface area contributed by atoms with Gasteiger partial charge in [0.05, 0.1) is 30.8 Å². The predicted octanol–water partition coefficient (Wildman–Crippen LogP) is 2.78. The minimum absolute atomic E-state index is 0.0251. The van der Waals surface area contributed by atoms with Crippen LogP contribution in [0.2, 0.25) is 0 Å². The van der Waals surface area contributed by atoms with Crippen molar-refractivity contribution in [1.82, 2.24) is 34.3 Å². The van der Waals surface area contributed by atoms with E-state index >= 15 is 0 Å². The molecule has 1 atom stereocenters. The average Bonchev–Trinajstić information content (AvgIpc) is 3.49. The van der Waals surface area contributed by atoms with Gasteiger partial charge in [0.2, 0.25) is 5.88 Å². The number of fused-ring (bicyclic) bond motifs is 1. The van der Waals surface area contributed by atoms with Crippen LogP contribution in [0.3, 0.4) is 0 Å². The summed E-state index contributed by atoms with van der Waals surface area (Å²) in [4.78, 5) is 22.5. The first-order valence-electron chi connectivity index (χ1n) is 13.1. The SMILES string of the molecule is N#Cc1ccc(COc2cccc(C3CCN(Cc4nn5nc(C(=O)O)nc5n4CC4CCO4)CC3)n2)c(F)c1. The number of nitriles is 1. The first-order chi connectivity index (χ1) is 19.5. The number of likely N-dealkylation sites (tertiary alicyclic amines) is 1. The number of hydrogen-bond donors (Lipinski definition) is 1. The van der Waals surface area contributed by atoms with Gasteiger partial charge in [0.25, 0.3) is 11.6 Å². The Balaban J connectivity index is 1.08. The number of benzene rings is 1. The molecule has 2 fully saturated rings. The second-order valence-corrected chi connectivity index (χ2v) is 10.00. The Morgan fingerprint density at radius 2 is 2.00 bits per heavy atom. The zero-order valence-electron chi connectivity index (χ0n) is 21.6. The lowest BCUT2D eigenvalue weighted by Crippen LogP contribution is -2.35. The van der Waals surface area contributed by atoms with Crippen molar-refractivity contribution >= 4 is 11.7 Å². The molecule has 0 saturated carbocycles. The second-order valence-electron chi connectivity index (χ2n) is 10.00. The summed E-state index contributed by atoms with van der Waals surface area (Å²) in [5, 5.41) is 26.7. The van der Waals surface area contributed by atoms with E-state index in [0.717, 1.165) is 50.5 Å². The van der Waals surface area contributed by atoms with Crippen LogP contribution in [0.5, 0.6) is 5.88 Å². The number of piperidine rings is 1. The molecule has 13 heteroatoms. The number of aromatic carboxylic acids is 1. The molecule has 2 aliphatic rings. The van der Waals surface area contributed by atoms with E-state index in [1.807, 2.05) is 22.8 Å². The number of carboxylic acids is 1. The van der Waals surface area contributed by atoms with E-state index < -0.39 is 11.8 Å². The molecule has 4 aromatic rings. The topological polar surface area (TPSA) is 144 Å². The van der Waals surface area contributed by atoms with Crippen molar-refractivity contribution in [2.45, 2.75) is 51.0 Å². The van der Waals surface area contributed by atoms with Crippen molar-refractivity contribution in [3.05, 3.63) is 70.7 Å². The summed E-state index contributed by atoms with van der Waals surface area (Å²) in [6.45, 7) is 3.54. The molecule has 6 rings (SSSR count). The monoisotopic (exact) mass is 546 g/mol. The number of rotatable bonds is 9. The minimum Gasteiger partial charge on any atom is -0.475 e. The zero-order chi connectivity index (χ0) is 27.6. The van der Waals surface area contributed by atoms with E-state index in [9.17, 15) is 14.3 Å². The molecule has 0 bridgehead atoms. The van der Waals surface area contributed by atoms with E-state index in [0.29, 0.717) is 30.3 Å². The summed E-state index contributed by atoms with van der Waals surface area (Å²) >= 11 is 0. The summed E-state index contributed by atoms with van der Waals surface area (Å²) < 4.78 is 28.8. The molecule has 0 spiro atoms. The van der Waals surface area contributed by atoms with Crippen molar-refractivity contribution in [1.29, 1.82) is 5.26 Å². The number of pyridine rings is 1. The number of carboxylic acid groups (broad SMARTS) is 1. The largest absolute Gasteiger partial charge is 0.475 e. The van der Waals surface area contributed by atoms with Gasteiger partial charge in [0.1, 0.15) is 18.2 Å². The third-order valence-electron chi connectivity index (χ3n) is 7.38.